The predicted octanol–water partition coefficient (Wildman–Crippen LogP) is 6.33. The Labute approximate surface area is 245 Å². The van der Waals surface area contributed by atoms with Gasteiger partial charge in [0.1, 0.15) is 5.69 Å². The molecule has 2 aliphatic rings. The van der Waals surface area contributed by atoms with E-state index in [2.05, 4.69) is 17.1 Å². The minimum Gasteiger partial charge on any atom is -0.481 e. The van der Waals surface area contributed by atoms with Gasteiger partial charge in [0, 0.05) is 38.3 Å². The van der Waals surface area contributed by atoms with E-state index in [1.807, 2.05) is 30.0 Å². The largest absolute Gasteiger partial charge is 0.481 e. The highest BCUT2D eigenvalue weighted by molar-refractivity contribution is 5.95. The van der Waals surface area contributed by atoms with Gasteiger partial charge in [0.2, 0.25) is 5.91 Å². The maximum Gasteiger partial charge on any atom is 0.418 e. The molecule has 10 heteroatoms. The number of amides is 2. The quantitative estimate of drug-likeness (QED) is 0.328. The first kappa shape index (κ1) is 31.5. The monoisotopic (exact) mass is 587 g/mol. The number of nitrogens with zero attached hydrogens (tertiary/aromatic N) is 3. The van der Waals surface area contributed by atoms with Crippen LogP contribution < -0.4 is 0 Å². The number of unbranched alkanes of at least 4 members (excludes halogenated alkanes) is 1. The van der Waals surface area contributed by atoms with Gasteiger partial charge in [-0.25, -0.2) is 0 Å². The molecule has 2 amide bonds. The van der Waals surface area contributed by atoms with Crippen LogP contribution in [0.3, 0.4) is 0 Å². The highest BCUT2D eigenvalue weighted by atomic mass is 19.4. The Morgan fingerprint density at radius 1 is 1.02 bits per heavy atom. The average Bonchev–Trinajstić information content (AvgIpc) is 2.99. The number of aromatic nitrogens is 1. The highest BCUT2D eigenvalue weighted by Crippen LogP contribution is 2.41. The Kier molecular flexibility index (Phi) is 10.3. The molecule has 42 heavy (non-hydrogen) atoms. The van der Waals surface area contributed by atoms with E-state index in [0.29, 0.717) is 45.2 Å². The Bertz CT molecular complexity index is 1230. The summed E-state index contributed by atoms with van der Waals surface area (Å²) in [5, 5.41) is 9.06. The third-order valence-corrected chi connectivity index (χ3v) is 8.97. The fraction of sp³-hybridized carbons (Fsp3) is 0.562. The summed E-state index contributed by atoms with van der Waals surface area (Å²) in [4.78, 5) is 45.6. The van der Waals surface area contributed by atoms with Crippen molar-refractivity contribution in [3.63, 3.8) is 0 Å². The smallest absolute Gasteiger partial charge is 0.418 e. The van der Waals surface area contributed by atoms with E-state index in [4.69, 9.17) is 5.11 Å². The van der Waals surface area contributed by atoms with Crippen molar-refractivity contribution in [1.82, 2.24) is 14.8 Å². The number of carbonyl (C=O) groups excluding carboxylic acids is 2. The van der Waals surface area contributed by atoms with Gasteiger partial charge >= 0.3 is 12.1 Å². The molecular weight excluding hydrogens is 547 g/mol. The van der Waals surface area contributed by atoms with Crippen molar-refractivity contribution in [1.29, 1.82) is 0 Å². The lowest BCUT2D eigenvalue weighted by molar-refractivity contribution is -0.141. The van der Waals surface area contributed by atoms with Crippen LogP contribution in [0, 0.1) is 5.92 Å². The molecule has 0 aliphatic carbocycles. The lowest BCUT2D eigenvalue weighted by Crippen LogP contribution is -2.55. The Hall–Kier alpha value is -3.43. The van der Waals surface area contributed by atoms with Gasteiger partial charge in [-0.1, -0.05) is 50.1 Å². The fourth-order valence-corrected chi connectivity index (χ4v) is 6.79. The van der Waals surface area contributed by atoms with Crippen molar-refractivity contribution >= 4 is 17.8 Å². The second-order valence-electron chi connectivity index (χ2n) is 11.6. The molecule has 0 saturated carbocycles. The van der Waals surface area contributed by atoms with Crippen molar-refractivity contribution in [2.45, 2.75) is 88.8 Å². The molecule has 0 bridgehead atoms. The first-order valence-corrected chi connectivity index (χ1v) is 15.0. The van der Waals surface area contributed by atoms with Crippen LogP contribution in [0.25, 0.3) is 0 Å². The summed E-state index contributed by atoms with van der Waals surface area (Å²) in [5.74, 6) is -2.11. The van der Waals surface area contributed by atoms with Crippen LogP contribution >= 0.6 is 0 Å². The summed E-state index contributed by atoms with van der Waals surface area (Å²) >= 11 is 0. The average molecular weight is 588 g/mol. The molecule has 0 radical (unpaired) electrons. The maximum absolute atomic E-state index is 14.0. The van der Waals surface area contributed by atoms with Gasteiger partial charge < -0.3 is 14.9 Å². The summed E-state index contributed by atoms with van der Waals surface area (Å²) in [5.41, 5.74) is -0.634. The van der Waals surface area contributed by atoms with Gasteiger partial charge in [-0.2, -0.15) is 13.2 Å². The van der Waals surface area contributed by atoms with E-state index in [0.717, 1.165) is 31.7 Å². The molecule has 1 N–H and O–H groups in total. The maximum atomic E-state index is 14.0. The van der Waals surface area contributed by atoms with Crippen molar-refractivity contribution in [2.75, 3.05) is 19.6 Å². The fourth-order valence-electron chi connectivity index (χ4n) is 6.79. The second-order valence-corrected chi connectivity index (χ2v) is 11.6. The van der Waals surface area contributed by atoms with E-state index in [-0.39, 0.29) is 24.3 Å². The number of likely N-dealkylation sites (tertiary alicyclic amines) is 2. The van der Waals surface area contributed by atoms with Gasteiger partial charge in [0.25, 0.3) is 5.91 Å². The number of carbonyl (C=O) groups is 3. The lowest BCUT2D eigenvalue weighted by atomic mass is 9.69. The number of carboxylic acid groups (broad SMARTS) is 1. The van der Waals surface area contributed by atoms with Crippen molar-refractivity contribution in [3.05, 3.63) is 65.5 Å². The molecule has 7 nitrogen and oxygen atoms in total. The van der Waals surface area contributed by atoms with Crippen LogP contribution in [-0.4, -0.2) is 63.4 Å². The standard InChI is InChI=1S/C32H40F3N3O4/c1-2-10-26-24(13-9-20-38(26)30(42)28-25(32(33,34)35)14-8-19-36-28)29(41)37-21-17-31(18-22-37,16-7-6-15-27(39)40)23-11-4-3-5-12-23/h3-5,8,11-12,14,19,24,26H,2,6-7,9-10,13,15-18,20-22H2,1H3,(H,39,40). The van der Waals surface area contributed by atoms with Crippen LogP contribution in [0.1, 0.15) is 92.7 Å². The number of benzene rings is 1. The molecule has 2 saturated heterocycles. The molecule has 0 spiro atoms. The topological polar surface area (TPSA) is 90.8 Å². The zero-order valence-corrected chi connectivity index (χ0v) is 24.1. The number of carboxylic acids is 1. The molecule has 2 aromatic rings. The van der Waals surface area contributed by atoms with Gasteiger partial charge in [-0.15, -0.1) is 0 Å². The van der Waals surface area contributed by atoms with Crippen LogP contribution in [0.15, 0.2) is 48.7 Å². The molecular formula is C32H40F3N3O4. The van der Waals surface area contributed by atoms with Gasteiger partial charge in [0.05, 0.1) is 11.5 Å². The second kappa shape index (κ2) is 13.7. The van der Waals surface area contributed by atoms with Crippen LogP contribution in [0.2, 0.25) is 0 Å². The van der Waals surface area contributed by atoms with Crippen molar-refractivity contribution in [3.8, 4) is 0 Å². The number of pyridine rings is 1. The molecule has 228 valence electrons. The first-order chi connectivity index (χ1) is 20.1. The first-order valence-electron chi connectivity index (χ1n) is 15.0. The van der Waals surface area contributed by atoms with E-state index in [9.17, 15) is 27.6 Å². The summed E-state index contributed by atoms with van der Waals surface area (Å²) in [6.07, 6.45) is 2.62. The van der Waals surface area contributed by atoms with Crippen LogP contribution in [-0.2, 0) is 21.2 Å². The van der Waals surface area contributed by atoms with E-state index in [1.54, 1.807) is 0 Å². The molecule has 1 aromatic carbocycles. The molecule has 2 aliphatic heterocycles. The molecule has 2 unspecified atom stereocenters. The number of aliphatic carboxylic acids is 1. The Morgan fingerprint density at radius 3 is 2.38 bits per heavy atom. The summed E-state index contributed by atoms with van der Waals surface area (Å²) < 4.78 is 41.1. The SMILES string of the molecule is CCCC1C(C(=O)N2CCC(CCCCC(=O)O)(c3ccccc3)CC2)CCCN1C(=O)c1ncccc1C(F)(F)F. The number of piperidine rings is 2. The summed E-state index contributed by atoms with van der Waals surface area (Å²) in [7, 11) is 0. The summed E-state index contributed by atoms with van der Waals surface area (Å²) in [6.45, 7) is 3.30. The number of rotatable bonds is 10. The van der Waals surface area contributed by atoms with Gasteiger partial charge in [-0.3, -0.25) is 19.4 Å². The molecule has 1 aromatic heterocycles. The molecule has 3 heterocycles. The normalized spacial score (nSPS) is 20.8. The Morgan fingerprint density at radius 2 is 1.74 bits per heavy atom. The molecule has 2 atom stereocenters. The minimum absolute atomic E-state index is 0.0458. The van der Waals surface area contributed by atoms with Crippen molar-refractivity contribution in [2.24, 2.45) is 5.92 Å². The van der Waals surface area contributed by atoms with Crippen LogP contribution in [0.4, 0.5) is 13.2 Å². The predicted molar refractivity (Wildman–Crippen MR) is 152 cm³/mol. The number of hydrogen-bond acceptors (Lipinski definition) is 4. The Balaban J connectivity index is 1.50. The van der Waals surface area contributed by atoms with E-state index >= 15 is 0 Å². The highest BCUT2D eigenvalue weighted by Gasteiger charge is 2.44. The number of alkyl halides is 3. The van der Waals surface area contributed by atoms with Crippen molar-refractivity contribution < 1.29 is 32.7 Å². The van der Waals surface area contributed by atoms with Crippen LogP contribution in [0.5, 0.6) is 0 Å². The molecule has 4 rings (SSSR count). The van der Waals surface area contributed by atoms with E-state index < -0.39 is 41.3 Å². The minimum atomic E-state index is -4.71. The number of hydrogen-bond donors (Lipinski definition) is 1. The summed E-state index contributed by atoms with van der Waals surface area (Å²) in [6, 6.07) is 11.7. The number of halogens is 3. The zero-order chi connectivity index (χ0) is 30.3. The molecule has 2 fully saturated rings. The lowest BCUT2D eigenvalue weighted by Gasteiger charge is -2.46. The van der Waals surface area contributed by atoms with E-state index in [1.165, 1.54) is 22.7 Å². The third kappa shape index (κ3) is 7.13. The third-order valence-electron chi connectivity index (χ3n) is 8.97. The zero-order valence-electron chi connectivity index (χ0n) is 24.1. The van der Waals surface area contributed by atoms with Gasteiger partial charge in [-0.05, 0) is 68.1 Å². The van der Waals surface area contributed by atoms with Gasteiger partial charge in [0.15, 0.2) is 0 Å².